The Hall–Kier alpha value is -2.60. The largest absolute Gasteiger partial charge is 0.481 e. The first-order valence-corrected chi connectivity index (χ1v) is 8.32. The normalized spacial score (nSPS) is 11.6. The molecule has 0 aromatic heterocycles. The molecule has 0 fully saturated rings. The van der Waals surface area contributed by atoms with E-state index in [-0.39, 0.29) is 16.4 Å². The molecule has 1 atom stereocenters. The third-order valence-electron chi connectivity index (χ3n) is 3.69. The molecular weight excluding hydrogens is 344 g/mol. The first-order valence-electron chi connectivity index (χ1n) is 7.95. The number of benzene rings is 2. The Balaban J connectivity index is 2.11. The SMILES string of the molecule is CCc1ccc(O[C@H](CC)C(=O)Nc2cc([N+](=O)[O-])ccc2Cl)cc1. The van der Waals surface area contributed by atoms with Gasteiger partial charge >= 0.3 is 0 Å². The summed E-state index contributed by atoms with van der Waals surface area (Å²) in [6, 6.07) is 11.4. The molecule has 0 saturated heterocycles. The highest BCUT2D eigenvalue weighted by Crippen LogP contribution is 2.27. The number of carbonyl (C=O) groups excluding carboxylic acids is 1. The van der Waals surface area contributed by atoms with Crippen LogP contribution < -0.4 is 10.1 Å². The Labute approximate surface area is 150 Å². The van der Waals surface area contributed by atoms with Crippen LogP contribution in [0, 0.1) is 10.1 Å². The summed E-state index contributed by atoms with van der Waals surface area (Å²) in [6.45, 7) is 3.88. The number of aryl methyl sites for hydroxylation is 1. The molecule has 1 N–H and O–H groups in total. The van der Waals surface area contributed by atoms with Crippen LogP contribution in [0.4, 0.5) is 11.4 Å². The van der Waals surface area contributed by atoms with Gasteiger partial charge in [0.05, 0.1) is 15.6 Å². The Bertz CT molecular complexity index is 762. The molecule has 1 amide bonds. The van der Waals surface area contributed by atoms with Crippen LogP contribution in [0.3, 0.4) is 0 Å². The molecule has 2 rings (SSSR count). The molecule has 0 unspecified atom stereocenters. The minimum atomic E-state index is -0.734. The molecule has 2 aromatic rings. The first-order chi connectivity index (χ1) is 11.9. The quantitative estimate of drug-likeness (QED) is 0.576. The van der Waals surface area contributed by atoms with Crippen LogP contribution in [0.25, 0.3) is 0 Å². The summed E-state index contributed by atoms with van der Waals surface area (Å²) in [5, 5.41) is 13.7. The van der Waals surface area contributed by atoms with E-state index in [0.717, 1.165) is 6.42 Å². The number of halogens is 1. The molecule has 0 saturated carbocycles. The van der Waals surface area contributed by atoms with Gasteiger partial charge in [-0.3, -0.25) is 14.9 Å². The van der Waals surface area contributed by atoms with E-state index in [9.17, 15) is 14.9 Å². The van der Waals surface area contributed by atoms with E-state index in [4.69, 9.17) is 16.3 Å². The van der Waals surface area contributed by atoms with Gasteiger partial charge in [0.15, 0.2) is 6.10 Å². The Morgan fingerprint density at radius 2 is 1.92 bits per heavy atom. The van der Waals surface area contributed by atoms with E-state index < -0.39 is 16.9 Å². The number of nitro groups is 1. The number of nitrogens with one attached hydrogen (secondary N) is 1. The molecule has 2 aromatic carbocycles. The molecule has 6 nitrogen and oxygen atoms in total. The Kier molecular flexibility index (Phi) is 6.36. The molecule has 0 heterocycles. The number of rotatable bonds is 7. The van der Waals surface area contributed by atoms with Crippen LogP contribution in [0.1, 0.15) is 25.8 Å². The van der Waals surface area contributed by atoms with Crippen LogP contribution >= 0.6 is 11.6 Å². The maximum Gasteiger partial charge on any atom is 0.271 e. The van der Waals surface area contributed by atoms with Crippen molar-refractivity contribution >= 4 is 28.9 Å². The van der Waals surface area contributed by atoms with Gasteiger partial charge < -0.3 is 10.1 Å². The maximum absolute atomic E-state index is 12.4. The number of nitro benzene ring substituents is 1. The number of ether oxygens (including phenoxy) is 1. The van der Waals surface area contributed by atoms with Crippen molar-refractivity contribution in [2.24, 2.45) is 0 Å². The average Bonchev–Trinajstić information content (AvgIpc) is 2.61. The standard InChI is InChI=1S/C18H19ClN2O4/c1-3-12-5-8-14(9-6-12)25-17(4-2)18(22)20-16-11-13(21(23)24)7-10-15(16)19/h5-11,17H,3-4H2,1-2H3,(H,20,22)/t17-/m1/s1. The van der Waals surface area contributed by atoms with Crippen molar-refractivity contribution in [1.29, 1.82) is 0 Å². The van der Waals surface area contributed by atoms with E-state index in [1.807, 2.05) is 31.2 Å². The van der Waals surface area contributed by atoms with Gasteiger partial charge in [0.2, 0.25) is 0 Å². The second-order valence-electron chi connectivity index (χ2n) is 5.42. The van der Waals surface area contributed by atoms with E-state index in [0.29, 0.717) is 12.2 Å². The lowest BCUT2D eigenvalue weighted by molar-refractivity contribution is -0.384. The molecule has 0 aliphatic rings. The van der Waals surface area contributed by atoms with Crippen LogP contribution in [0.5, 0.6) is 5.75 Å². The molecule has 25 heavy (non-hydrogen) atoms. The van der Waals surface area contributed by atoms with Crippen molar-refractivity contribution < 1.29 is 14.5 Å². The summed E-state index contributed by atoms with van der Waals surface area (Å²) in [6.07, 6.45) is 0.625. The second kappa shape index (κ2) is 8.48. The summed E-state index contributed by atoms with van der Waals surface area (Å²) in [5.74, 6) is 0.175. The number of nitrogens with zero attached hydrogens (tertiary/aromatic N) is 1. The van der Waals surface area contributed by atoms with Crippen LogP contribution in [-0.4, -0.2) is 16.9 Å². The van der Waals surface area contributed by atoms with Gasteiger partial charge in [-0.25, -0.2) is 0 Å². The van der Waals surface area contributed by atoms with Crippen LogP contribution in [0.2, 0.25) is 5.02 Å². The molecular formula is C18H19ClN2O4. The predicted octanol–water partition coefficient (Wildman–Crippen LogP) is 4.61. The molecule has 0 spiro atoms. The van der Waals surface area contributed by atoms with E-state index in [2.05, 4.69) is 12.2 Å². The fourth-order valence-electron chi connectivity index (χ4n) is 2.23. The number of non-ortho nitro benzene ring substituents is 1. The minimum absolute atomic E-state index is 0.149. The van der Waals surface area contributed by atoms with Crippen LogP contribution in [0.15, 0.2) is 42.5 Å². The number of hydrogen-bond acceptors (Lipinski definition) is 4. The third kappa shape index (κ3) is 4.93. The zero-order chi connectivity index (χ0) is 18.4. The zero-order valence-corrected chi connectivity index (χ0v) is 14.7. The summed E-state index contributed by atoms with van der Waals surface area (Å²) in [7, 11) is 0. The van der Waals surface area contributed by atoms with Gasteiger partial charge in [-0.1, -0.05) is 37.6 Å². The summed E-state index contributed by atoms with van der Waals surface area (Å²) in [4.78, 5) is 22.8. The van der Waals surface area contributed by atoms with E-state index >= 15 is 0 Å². The number of anilines is 1. The lowest BCUT2D eigenvalue weighted by Gasteiger charge is -2.18. The van der Waals surface area contributed by atoms with Gasteiger partial charge in [-0.05, 0) is 36.6 Å². The van der Waals surface area contributed by atoms with Crippen molar-refractivity contribution in [3.8, 4) is 5.75 Å². The minimum Gasteiger partial charge on any atom is -0.481 e. The molecule has 0 bridgehead atoms. The summed E-state index contributed by atoms with van der Waals surface area (Å²) < 4.78 is 5.73. The van der Waals surface area contributed by atoms with Gasteiger partial charge in [0.25, 0.3) is 11.6 Å². The molecule has 132 valence electrons. The highest BCUT2D eigenvalue weighted by atomic mass is 35.5. The second-order valence-corrected chi connectivity index (χ2v) is 5.83. The number of amides is 1. The average molecular weight is 363 g/mol. The van der Waals surface area contributed by atoms with Crippen LogP contribution in [-0.2, 0) is 11.2 Å². The fraction of sp³-hybridized carbons (Fsp3) is 0.278. The van der Waals surface area contributed by atoms with Crippen molar-refractivity contribution in [1.82, 2.24) is 0 Å². The zero-order valence-electron chi connectivity index (χ0n) is 14.0. The lowest BCUT2D eigenvalue weighted by atomic mass is 10.1. The highest BCUT2D eigenvalue weighted by Gasteiger charge is 2.20. The fourth-order valence-corrected chi connectivity index (χ4v) is 2.39. The molecule has 0 aliphatic carbocycles. The first kappa shape index (κ1) is 18.7. The van der Waals surface area contributed by atoms with Gasteiger partial charge in [-0.15, -0.1) is 0 Å². The molecule has 0 aliphatic heterocycles. The van der Waals surface area contributed by atoms with Gasteiger partial charge in [0.1, 0.15) is 5.75 Å². The third-order valence-corrected chi connectivity index (χ3v) is 4.02. The van der Waals surface area contributed by atoms with Crippen molar-refractivity contribution in [2.45, 2.75) is 32.8 Å². The van der Waals surface area contributed by atoms with Crippen molar-refractivity contribution in [3.63, 3.8) is 0 Å². The van der Waals surface area contributed by atoms with E-state index in [1.165, 1.54) is 23.8 Å². The lowest BCUT2D eigenvalue weighted by Crippen LogP contribution is -2.32. The van der Waals surface area contributed by atoms with Crippen molar-refractivity contribution in [3.05, 3.63) is 63.2 Å². The number of carbonyl (C=O) groups is 1. The Morgan fingerprint density at radius 3 is 2.48 bits per heavy atom. The highest BCUT2D eigenvalue weighted by molar-refractivity contribution is 6.33. The van der Waals surface area contributed by atoms with Gasteiger partial charge in [-0.2, -0.15) is 0 Å². The summed E-state index contributed by atoms with van der Waals surface area (Å²) in [5.41, 5.74) is 1.21. The maximum atomic E-state index is 12.4. The molecule has 7 heteroatoms. The predicted molar refractivity (Wildman–Crippen MR) is 97.3 cm³/mol. The smallest absolute Gasteiger partial charge is 0.271 e. The van der Waals surface area contributed by atoms with Gasteiger partial charge in [0, 0.05) is 12.1 Å². The molecule has 0 radical (unpaired) electrons. The van der Waals surface area contributed by atoms with Crippen molar-refractivity contribution in [2.75, 3.05) is 5.32 Å². The summed E-state index contributed by atoms with van der Waals surface area (Å²) >= 11 is 6.01. The Morgan fingerprint density at radius 1 is 1.24 bits per heavy atom. The van der Waals surface area contributed by atoms with E-state index in [1.54, 1.807) is 0 Å². The number of hydrogen-bond donors (Lipinski definition) is 1. The topological polar surface area (TPSA) is 81.5 Å². The monoisotopic (exact) mass is 362 g/mol.